The number of hydrogen-bond donors (Lipinski definition) is 4. The van der Waals surface area contributed by atoms with Crippen LogP contribution in [0.25, 0.3) is 0 Å². The van der Waals surface area contributed by atoms with Crippen LogP contribution in [-0.2, 0) is 4.79 Å². The van der Waals surface area contributed by atoms with E-state index in [9.17, 15) is 9.59 Å². The smallest absolute Gasteiger partial charge is 0.326 e. The third-order valence-electron chi connectivity index (χ3n) is 3.45. The lowest BCUT2D eigenvalue weighted by Crippen LogP contribution is -2.55. The van der Waals surface area contributed by atoms with Crippen LogP contribution in [0.4, 0.5) is 4.79 Å². The van der Waals surface area contributed by atoms with Gasteiger partial charge < -0.3 is 21.5 Å². The molecule has 6 nitrogen and oxygen atoms in total. The van der Waals surface area contributed by atoms with Crippen molar-refractivity contribution in [2.24, 2.45) is 11.7 Å². The van der Waals surface area contributed by atoms with E-state index in [1.807, 2.05) is 13.8 Å². The largest absolute Gasteiger partial charge is 0.480 e. The number of carboxylic acid groups (broad SMARTS) is 1. The molecule has 0 aromatic heterocycles. The molecule has 6 heteroatoms. The number of nitrogens with one attached hydrogen (secondary N) is 2. The van der Waals surface area contributed by atoms with Crippen molar-refractivity contribution in [1.29, 1.82) is 0 Å². The van der Waals surface area contributed by atoms with Gasteiger partial charge in [0.25, 0.3) is 0 Å². The van der Waals surface area contributed by atoms with E-state index in [2.05, 4.69) is 10.6 Å². The molecule has 1 fully saturated rings. The molecule has 0 saturated heterocycles. The molecule has 1 rings (SSSR count). The van der Waals surface area contributed by atoms with Crippen LogP contribution in [-0.4, -0.2) is 35.2 Å². The molecule has 0 radical (unpaired) electrons. The van der Waals surface area contributed by atoms with Crippen molar-refractivity contribution in [3.05, 3.63) is 0 Å². The molecule has 0 spiro atoms. The zero-order valence-electron chi connectivity index (χ0n) is 11.7. The SMILES string of the molecule is CC(C)CC(NC(=O)NC1CCCCC1N)C(=O)O. The molecule has 1 aliphatic rings. The summed E-state index contributed by atoms with van der Waals surface area (Å²) < 4.78 is 0. The van der Waals surface area contributed by atoms with Gasteiger partial charge in [-0.1, -0.05) is 26.7 Å². The third kappa shape index (κ3) is 5.46. The summed E-state index contributed by atoms with van der Waals surface area (Å²) in [5.74, 6) is -0.796. The van der Waals surface area contributed by atoms with E-state index in [-0.39, 0.29) is 18.0 Å². The van der Waals surface area contributed by atoms with E-state index < -0.39 is 18.0 Å². The highest BCUT2D eigenvalue weighted by Crippen LogP contribution is 2.16. The van der Waals surface area contributed by atoms with Crippen LogP contribution >= 0.6 is 0 Å². The molecule has 5 N–H and O–H groups in total. The van der Waals surface area contributed by atoms with Gasteiger partial charge in [-0.2, -0.15) is 0 Å². The van der Waals surface area contributed by atoms with Crippen LogP contribution in [0.3, 0.4) is 0 Å². The molecule has 3 unspecified atom stereocenters. The first-order valence-corrected chi connectivity index (χ1v) is 6.95. The van der Waals surface area contributed by atoms with Crippen LogP contribution in [0.2, 0.25) is 0 Å². The fourth-order valence-electron chi connectivity index (χ4n) is 2.40. The van der Waals surface area contributed by atoms with E-state index in [1.165, 1.54) is 0 Å². The van der Waals surface area contributed by atoms with Gasteiger partial charge >= 0.3 is 12.0 Å². The minimum atomic E-state index is -1.00. The van der Waals surface area contributed by atoms with Gasteiger partial charge in [0.1, 0.15) is 6.04 Å². The highest BCUT2D eigenvalue weighted by Gasteiger charge is 2.26. The fourth-order valence-corrected chi connectivity index (χ4v) is 2.40. The Morgan fingerprint density at radius 3 is 2.47 bits per heavy atom. The summed E-state index contributed by atoms with van der Waals surface area (Å²) in [7, 11) is 0. The van der Waals surface area contributed by atoms with Gasteiger partial charge in [-0.05, 0) is 25.2 Å². The van der Waals surface area contributed by atoms with Crippen LogP contribution in [0, 0.1) is 5.92 Å². The number of nitrogens with two attached hydrogens (primary N) is 1. The number of carbonyl (C=O) groups excluding carboxylic acids is 1. The Balaban J connectivity index is 2.45. The molecule has 0 heterocycles. The lowest BCUT2D eigenvalue weighted by Gasteiger charge is -2.29. The second kappa shape index (κ2) is 7.33. The van der Waals surface area contributed by atoms with E-state index in [4.69, 9.17) is 10.8 Å². The van der Waals surface area contributed by atoms with Crippen LogP contribution in [0.5, 0.6) is 0 Å². The first-order valence-electron chi connectivity index (χ1n) is 6.95. The summed E-state index contributed by atoms with van der Waals surface area (Å²) in [6.45, 7) is 3.85. The molecular weight excluding hydrogens is 246 g/mol. The monoisotopic (exact) mass is 271 g/mol. The molecule has 0 bridgehead atoms. The van der Waals surface area contributed by atoms with Gasteiger partial charge in [-0.3, -0.25) is 0 Å². The molecule has 0 aromatic carbocycles. The van der Waals surface area contributed by atoms with Crippen molar-refractivity contribution in [2.45, 2.75) is 64.1 Å². The second-order valence-electron chi connectivity index (χ2n) is 5.69. The first-order chi connectivity index (χ1) is 8.90. The topological polar surface area (TPSA) is 104 Å². The number of rotatable bonds is 5. The molecule has 1 aliphatic carbocycles. The van der Waals surface area contributed by atoms with Gasteiger partial charge in [-0.15, -0.1) is 0 Å². The quantitative estimate of drug-likeness (QED) is 0.600. The predicted molar refractivity (Wildman–Crippen MR) is 72.8 cm³/mol. The summed E-state index contributed by atoms with van der Waals surface area (Å²) >= 11 is 0. The predicted octanol–water partition coefficient (Wildman–Crippen LogP) is 1.05. The van der Waals surface area contributed by atoms with Gasteiger partial charge in [0.2, 0.25) is 0 Å². The highest BCUT2D eigenvalue weighted by molar-refractivity contribution is 5.82. The normalized spacial score (nSPS) is 24.8. The van der Waals surface area contributed by atoms with Gasteiger partial charge in [-0.25, -0.2) is 9.59 Å². The molecule has 2 amide bonds. The fraction of sp³-hybridized carbons (Fsp3) is 0.846. The first kappa shape index (κ1) is 15.8. The third-order valence-corrected chi connectivity index (χ3v) is 3.45. The Morgan fingerprint density at radius 2 is 1.95 bits per heavy atom. The van der Waals surface area contributed by atoms with Crippen molar-refractivity contribution < 1.29 is 14.7 Å². The molecule has 1 saturated carbocycles. The summed E-state index contributed by atoms with van der Waals surface area (Å²) in [6, 6.07) is -1.37. The summed E-state index contributed by atoms with van der Waals surface area (Å²) in [5, 5.41) is 14.4. The van der Waals surface area contributed by atoms with Crippen molar-refractivity contribution in [3.63, 3.8) is 0 Å². The zero-order valence-corrected chi connectivity index (χ0v) is 11.7. The lowest BCUT2D eigenvalue weighted by molar-refractivity contribution is -0.139. The Bertz CT molecular complexity index is 320. The van der Waals surface area contributed by atoms with Gasteiger partial charge in [0.05, 0.1) is 0 Å². The number of urea groups is 1. The molecule has 0 aliphatic heterocycles. The van der Waals surface area contributed by atoms with Crippen LogP contribution in [0.15, 0.2) is 0 Å². The van der Waals surface area contributed by atoms with Gasteiger partial charge in [0.15, 0.2) is 0 Å². The molecule has 3 atom stereocenters. The highest BCUT2D eigenvalue weighted by atomic mass is 16.4. The van der Waals surface area contributed by atoms with Crippen molar-refractivity contribution in [2.75, 3.05) is 0 Å². The number of carboxylic acids is 1. The number of hydrogen-bond acceptors (Lipinski definition) is 3. The maximum atomic E-state index is 11.8. The van der Waals surface area contributed by atoms with E-state index in [1.54, 1.807) is 0 Å². The van der Waals surface area contributed by atoms with Crippen molar-refractivity contribution >= 4 is 12.0 Å². The standard InChI is InChI=1S/C13H25N3O3/c1-8(2)7-11(12(17)18)16-13(19)15-10-6-4-3-5-9(10)14/h8-11H,3-7,14H2,1-2H3,(H,17,18)(H2,15,16,19). The average Bonchev–Trinajstić information content (AvgIpc) is 2.30. The van der Waals surface area contributed by atoms with Crippen molar-refractivity contribution in [1.82, 2.24) is 10.6 Å². The van der Waals surface area contributed by atoms with E-state index >= 15 is 0 Å². The number of carbonyl (C=O) groups is 2. The molecule has 0 aromatic rings. The maximum Gasteiger partial charge on any atom is 0.326 e. The number of aliphatic carboxylic acids is 1. The summed E-state index contributed by atoms with van der Waals surface area (Å²) in [5.41, 5.74) is 5.94. The van der Waals surface area contributed by atoms with E-state index in [0.717, 1.165) is 25.7 Å². The van der Waals surface area contributed by atoms with E-state index in [0.29, 0.717) is 6.42 Å². The summed E-state index contributed by atoms with van der Waals surface area (Å²) in [6.07, 6.45) is 4.31. The van der Waals surface area contributed by atoms with Gasteiger partial charge in [0, 0.05) is 12.1 Å². The maximum absolute atomic E-state index is 11.8. The lowest BCUT2D eigenvalue weighted by atomic mass is 9.91. The number of amides is 2. The molecular formula is C13H25N3O3. The Kier molecular flexibility index (Phi) is 6.08. The average molecular weight is 271 g/mol. The Labute approximate surface area is 114 Å². The minimum Gasteiger partial charge on any atom is -0.480 e. The molecule has 110 valence electrons. The Morgan fingerprint density at radius 1 is 1.32 bits per heavy atom. The van der Waals surface area contributed by atoms with Crippen molar-refractivity contribution in [3.8, 4) is 0 Å². The minimum absolute atomic E-state index is 0.0344. The second-order valence-corrected chi connectivity index (χ2v) is 5.69. The Hall–Kier alpha value is -1.30. The van der Waals surface area contributed by atoms with Crippen LogP contribution in [0.1, 0.15) is 46.0 Å². The molecule has 19 heavy (non-hydrogen) atoms. The van der Waals surface area contributed by atoms with Crippen LogP contribution < -0.4 is 16.4 Å². The summed E-state index contributed by atoms with van der Waals surface area (Å²) in [4.78, 5) is 22.9. The zero-order chi connectivity index (χ0) is 14.4.